The summed E-state index contributed by atoms with van der Waals surface area (Å²) in [4.78, 5) is 11.0. The van der Waals surface area contributed by atoms with Crippen molar-refractivity contribution in [2.75, 3.05) is 6.54 Å². The van der Waals surface area contributed by atoms with Crippen molar-refractivity contribution in [3.63, 3.8) is 0 Å². The zero-order valence-electron chi connectivity index (χ0n) is 7.84. The molecule has 0 saturated heterocycles. The number of unbranched alkanes of at least 4 members (excludes halogenated alkanes) is 1. The first-order chi connectivity index (χ1) is 5.81. The van der Waals surface area contributed by atoms with E-state index in [9.17, 15) is 4.79 Å². The molecule has 0 aromatic rings. The molecule has 68 valence electrons. The lowest BCUT2D eigenvalue weighted by Crippen LogP contribution is -2.21. The number of allylic oxidation sites excluding steroid dienone is 3. The molecule has 0 bridgehead atoms. The van der Waals surface area contributed by atoms with Crippen LogP contribution in [0.4, 0.5) is 0 Å². The summed E-state index contributed by atoms with van der Waals surface area (Å²) in [6.45, 7) is 4.79. The summed E-state index contributed by atoms with van der Waals surface area (Å²) in [5, 5.41) is 2.78. The molecule has 12 heavy (non-hydrogen) atoms. The Labute approximate surface area is 74.4 Å². The highest BCUT2D eigenvalue weighted by molar-refractivity contribution is 5.87. The van der Waals surface area contributed by atoms with Gasteiger partial charge in [0, 0.05) is 12.6 Å². The fourth-order valence-electron chi connectivity index (χ4n) is 0.701. The van der Waals surface area contributed by atoms with Gasteiger partial charge in [0.2, 0.25) is 5.91 Å². The van der Waals surface area contributed by atoms with Gasteiger partial charge in [0.25, 0.3) is 0 Å². The molecule has 0 fully saturated rings. The predicted octanol–water partition coefficient (Wildman–Crippen LogP) is 2.04. The van der Waals surface area contributed by atoms with Crippen LogP contribution in [-0.2, 0) is 4.79 Å². The Hall–Kier alpha value is -1.05. The minimum absolute atomic E-state index is 0.0125. The highest BCUT2D eigenvalue weighted by Gasteiger charge is 1.90. The van der Waals surface area contributed by atoms with Crippen molar-refractivity contribution in [2.24, 2.45) is 0 Å². The Morgan fingerprint density at radius 2 is 2.17 bits per heavy atom. The number of hydrogen-bond donors (Lipinski definition) is 1. The molecule has 0 saturated carbocycles. The van der Waals surface area contributed by atoms with E-state index < -0.39 is 0 Å². The average molecular weight is 167 g/mol. The quantitative estimate of drug-likeness (QED) is 0.379. The normalized spacial score (nSPS) is 11.2. The molecule has 1 amide bonds. The number of rotatable bonds is 5. The van der Waals surface area contributed by atoms with Gasteiger partial charge in [-0.3, -0.25) is 4.79 Å². The van der Waals surface area contributed by atoms with Gasteiger partial charge in [-0.2, -0.15) is 0 Å². The molecule has 0 aliphatic heterocycles. The molecule has 2 heteroatoms. The van der Waals surface area contributed by atoms with E-state index in [2.05, 4.69) is 12.2 Å². The van der Waals surface area contributed by atoms with Crippen LogP contribution in [0.25, 0.3) is 0 Å². The van der Waals surface area contributed by atoms with E-state index in [1.807, 2.05) is 19.1 Å². The molecule has 0 unspecified atom stereocenters. The van der Waals surface area contributed by atoms with Gasteiger partial charge in [0.05, 0.1) is 0 Å². The SMILES string of the molecule is C/C=C\C=C/C(=O)NCCCC. The first-order valence-corrected chi connectivity index (χ1v) is 4.38. The van der Waals surface area contributed by atoms with Gasteiger partial charge < -0.3 is 5.32 Å². The van der Waals surface area contributed by atoms with Crippen molar-refractivity contribution in [2.45, 2.75) is 26.7 Å². The zero-order valence-corrected chi connectivity index (χ0v) is 7.84. The summed E-state index contributed by atoms with van der Waals surface area (Å²) in [7, 11) is 0. The monoisotopic (exact) mass is 167 g/mol. The largest absolute Gasteiger partial charge is 0.353 e. The Kier molecular flexibility index (Phi) is 7.35. The number of carbonyl (C=O) groups excluding carboxylic acids is 1. The Morgan fingerprint density at radius 1 is 1.42 bits per heavy atom. The molecule has 0 aliphatic rings. The van der Waals surface area contributed by atoms with Crippen molar-refractivity contribution < 1.29 is 4.79 Å². The summed E-state index contributed by atoms with van der Waals surface area (Å²) < 4.78 is 0. The van der Waals surface area contributed by atoms with E-state index in [-0.39, 0.29) is 5.91 Å². The minimum atomic E-state index is -0.0125. The van der Waals surface area contributed by atoms with E-state index >= 15 is 0 Å². The first-order valence-electron chi connectivity index (χ1n) is 4.38. The second-order valence-corrected chi connectivity index (χ2v) is 2.53. The summed E-state index contributed by atoms with van der Waals surface area (Å²) >= 11 is 0. The molecular formula is C10H17NO. The van der Waals surface area contributed by atoms with Gasteiger partial charge in [0.1, 0.15) is 0 Å². The van der Waals surface area contributed by atoms with Crippen LogP contribution in [0.1, 0.15) is 26.7 Å². The van der Waals surface area contributed by atoms with Crippen LogP contribution in [0.15, 0.2) is 24.3 Å². The Morgan fingerprint density at radius 3 is 2.75 bits per heavy atom. The second kappa shape index (κ2) is 8.05. The summed E-state index contributed by atoms with van der Waals surface area (Å²) in [5.74, 6) is -0.0125. The van der Waals surface area contributed by atoms with Crippen LogP contribution in [0.2, 0.25) is 0 Å². The third-order valence-corrected chi connectivity index (χ3v) is 1.38. The van der Waals surface area contributed by atoms with Crippen LogP contribution < -0.4 is 5.32 Å². The van der Waals surface area contributed by atoms with Crippen LogP contribution in [-0.4, -0.2) is 12.5 Å². The van der Waals surface area contributed by atoms with Crippen molar-refractivity contribution in [1.29, 1.82) is 0 Å². The Balaban J connectivity index is 3.45. The highest BCUT2D eigenvalue weighted by Crippen LogP contribution is 1.83. The fourth-order valence-corrected chi connectivity index (χ4v) is 0.701. The standard InChI is InChI=1S/C10H17NO/c1-3-5-7-8-10(12)11-9-6-4-2/h3,5,7-8H,4,6,9H2,1-2H3,(H,11,12)/b5-3-,8-7-. The molecule has 0 aromatic heterocycles. The lowest BCUT2D eigenvalue weighted by atomic mass is 10.3. The minimum Gasteiger partial charge on any atom is -0.353 e. The van der Waals surface area contributed by atoms with Crippen LogP contribution in [0.5, 0.6) is 0 Å². The molecule has 0 rings (SSSR count). The van der Waals surface area contributed by atoms with Crippen LogP contribution >= 0.6 is 0 Å². The van der Waals surface area contributed by atoms with E-state index in [0.29, 0.717) is 0 Å². The third-order valence-electron chi connectivity index (χ3n) is 1.38. The third kappa shape index (κ3) is 7.06. The summed E-state index contributed by atoms with van der Waals surface area (Å²) in [6.07, 6.45) is 9.15. The van der Waals surface area contributed by atoms with Crippen LogP contribution in [0.3, 0.4) is 0 Å². The molecule has 0 atom stereocenters. The van der Waals surface area contributed by atoms with Gasteiger partial charge in [-0.1, -0.05) is 31.6 Å². The van der Waals surface area contributed by atoms with E-state index in [1.165, 1.54) is 6.08 Å². The maximum atomic E-state index is 11.0. The molecule has 0 aromatic carbocycles. The molecule has 1 N–H and O–H groups in total. The highest BCUT2D eigenvalue weighted by atomic mass is 16.1. The molecule has 0 aliphatic carbocycles. The van der Waals surface area contributed by atoms with Crippen LogP contribution in [0, 0.1) is 0 Å². The lowest BCUT2D eigenvalue weighted by molar-refractivity contribution is -0.116. The topological polar surface area (TPSA) is 29.1 Å². The first kappa shape index (κ1) is 11.0. The van der Waals surface area contributed by atoms with Crippen molar-refractivity contribution in [3.05, 3.63) is 24.3 Å². The smallest absolute Gasteiger partial charge is 0.243 e. The van der Waals surface area contributed by atoms with Crippen molar-refractivity contribution in [3.8, 4) is 0 Å². The molecule has 0 spiro atoms. The van der Waals surface area contributed by atoms with Gasteiger partial charge in [0.15, 0.2) is 0 Å². The predicted molar refractivity (Wildman–Crippen MR) is 51.9 cm³/mol. The number of amides is 1. The van der Waals surface area contributed by atoms with E-state index in [1.54, 1.807) is 6.08 Å². The van der Waals surface area contributed by atoms with Gasteiger partial charge in [-0.25, -0.2) is 0 Å². The number of nitrogens with one attached hydrogen (secondary N) is 1. The zero-order chi connectivity index (χ0) is 9.23. The molecule has 0 heterocycles. The fraction of sp³-hybridized carbons (Fsp3) is 0.500. The maximum Gasteiger partial charge on any atom is 0.243 e. The summed E-state index contributed by atoms with van der Waals surface area (Å²) in [6, 6.07) is 0. The van der Waals surface area contributed by atoms with Crippen molar-refractivity contribution in [1.82, 2.24) is 5.32 Å². The van der Waals surface area contributed by atoms with Gasteiger partial charge in [-0.15, -0.1) is 0 Å². The number of hydrogen-bond acceptors (Lipinski definition) is 1. The number of carbonyl (C=O) groups is 1. The molecular weight excluding hydrogens is 150 g/mol. The average Bonchev–Trinajstić information content (AvgIpc) is 2.06. The van der Waals surface area contributed by atoms with Crippen molar-refractivity contribution >= 4 is 5.91 Å². The lowest BCUT2D eigenvalue weighted by Gasteiger charge is -1.97. The Bertz CT molecular complexity index is 171. The molecule has 0 radical (unpaired) electrons. The van der Waals surface area contributed by atoms with E-state index in [4.69, 9.17) is 0 Å². The maximum absolute atomic E-state index is 11.0. The van der Waals surface area contributed by atoms with Gasteiger partial charge in [-0.05, 0) is 13.3 Å². The van der Waals surface area contributed by atoms with E-state index in [0.717, 1.165) is 19.4 Å². The van der Waals surface area contributed by atoms with Gasteiger partial charge >= 0.3 is 0 Å². The molecule has 2 nitrogen and oxygen atoms in total. The second-order valence-electron chi connectivity index (χ2n) is 2.53. The summed E-state index contributed by atoms with van der Waals surface area (Å²) in [5.41, 5.74) is 0.